The standard InChI is InChI=1S/C29H28N2O4/c1-6-21-15(3)23-13-19-8-9-20(35-19)14-24-16(4)22(7-2)26(31-24)12-18-10-17(11-25(21)30-23)27(32)29(5,34)28(18)33/h8-14,32,34H,6-7H2,1-5H3. The van der Waals surface area contributed by atoms with Crippen LogP contribution in [-0.4, -0.2) is 33.0 Å². The van der Waals surface area contributed by atoms with Crippen LogP contribution in [0.2, 0.25) is 0 Å². The monoisotopic (exact) mass is 468 g/mol. The highest BCUT2D eigenvalue weighted by molar-refractivity contribution is 6.24. The Kier molecular flexibility index (Phi) is 5.37. The Morgan fingerprint density at radius 3 is 1.89 bits per heavy atom. The average molecular weight is 469 g/mol. The van der Waals surface area contributed by atoms with Crippen molar-refractivity contribution in [3.63, 3.8) is 0 Å². The summed E-state index contributed by atoms with van der Waals surface area (Å²) in [5.74, 6) is -0.963. The molecule has 1 unspecified atom stereocenters. The number of ketones is 1. The van der Waals surface area contributed by atoms with E-state index in [1.807, 2.05) is 52.0 Å². The van der Waals surface area contributed by atoms with Gasteiger partial charge in [0.1, 0.15) is 16.6 Å². The van der Waals surface area contributed by atoms with Crippen LogP contribution in [0.25, 0.3) is 12.2 Å². The van der Waals surface area contributed by atoms with Crippen molar-refractivity contribution < 1.29 is 19.4 Å². The first-order valence-corrected chi connectivity index (χ1v) is 11.9. The maximum absolute atomic E-state index is 13.2. The molecule has 4 heterocycles. The molecule has 3 aliphatic heterocycles. The second-order valence-corrected chi connectivity index (χ2v) is 9.30. The van der Waals surface area contributed by atoms with Gasteiger partial charge in [-0.15, -0.1) is 0 Å². The van der Waals surface area contributed by atoms with E-state index in [-0.39, 0.29) is 11.3 Å². The van der Waals surface area contributed by atoms with Crippen molar-refractivity contribution in [2.75, 3.05) is 0 Å². The number of nitrogens with zero attached hydrogens (tertiary/aromatic N) is 2. The maximum Gasteiger partial charge on any atom is 0.201 e. The molecule has 0 saturated heterocycles. The zero-order valence-electron chi connectivity index (χ0n) is 20.6. The van der Waals surface area contributed by atoms with Crippen LogP contribution in [-0.2, 0) is 4.79 Å². The first kappa shape index (κ1) is 23.0. The summed E-state index contributed by atoms with van der Waals surface area (Å²) in [6.07, 6.45) is 10.3. The Morgan fingerprint density at radius 2 is 1.37 bits per heavy atom. The highest BCUT2D eigenvalue weighted by Gasteiger charge is 2.41. The lowest BCUT2D eigenvalue weighted by Gasteiger charge is -2.27. The van der Waals surface area contributed by atoms with Crippen LogP contribution >= 0.6 is 0 Å². The van der Waals surface area contributed by atoms with Gasteiger partial charge in [0.2, 0.25) is 5.78 Å². The summed E-state index contributed by atoms with van der Waals surface area (Å²) in [6.45, 7) is 9.41. The average Bonchev–Trinajstić information content (AvgIpc) is 3.47. The highest BCUT2D eigenvalue weighted by atomic mass is 16.3. The number of hydrogen-bond donors (Lipinski definition) is 2. The number of aliphatic hydroxyl groups is 2. The first-order valence-electron chi connectivity index (χ1n) is 11.9. The van der Waals surface area contributed by atoms with Crippen molar-refractivity contribution in [1.29, 1.82) is 0 Å². The van der Waals surface area contributed by atoms with Crippen LogP contribution in [0.3, 0.4) is 0 Å². The van der Waals surface area contributed by atoms with Crippen LogP contribution in [0.15, 0.2) is 95.4 Å². The molecule has 1 aromatic rings. The van der Waals surface area contributed by atoms with Crippen molar-refractivity contribution in [2.45, 2.75) is 53.1 Å². The number of carbonyl (C=O) groups is 1. The molecule has 1 atom stereocenters. The van der Waals surface area contributed by atoms with Crippen molar-refractivity contribution in [3.05, 3.63) is 91.8 Å². The van der Waals surface area contributed by atoms with Gasteiger partial charge in [-0.05, 0) is 86.3 Å². The van der Waals surface area contributed by atoms with E-state index in [1.54, 1.807) is 18.2 Å². The quantitative estimate of drug-likeness (QED) is 0.684. The molecular weight excluding hydrogens is 440 g/mol. The predicted octanol–water partition coefficient (Wildman–Crippen LogP) is 4.06. The van der Waals surface area contributed by atoms with E-state index < -0.39 is 11.4 Å². The van der Waals surface area contributed by atoms with Gasteiger partial charge in [-0.2, -0.15) is 0 Å². The van der Waals surface area contributed by atoms with E-state index in [9.17, 15) is 15.0 Å². The summed E-state index contributed by atoms with van der Waals surface area (Å²) < 4.78 is 6.05. The van der Waals surface area contributed by atoms with Gasteiger partial charge in [0.05, 0.1) is 22.8 Å². The molecule has 5 rings (SSSR count). The molecule has 35 heavy (non-hydrogen) atoms. The SMILES string of the molecule is CCC1=C(C)C2=NC1=CC1=CC(=C(O)C(C)(O)C1=O)C=C1N=C(C=c3ccc(o3)=C2)C(C)=C1CC. The number of allylic oxidation sites excluding steroid dienone is 8. The van der Waals surface area contributed by atoms with Crippen LogP contribution in [0, 0.1) is 0 Å². The maximum atomic E-state index is 13.2. The van der Waals surface area contributed by atoms with Crippen LogP contribution in [0.1, 0.15) is 47.5 Å². The summed E-state index contributed by atoms with van der Waals surface area (Å²) in [7, 11) is 0. The fourth-order valence-electron chi connectivity index (χ4n) is 4.94. The fourth-order valence-corrected chi connectivity index (χ4v) is 4.94. The number of aliphatic imine (C=N–C) groups is 2. The molecule has 1 aromatic heterocycles. The Bertz CT molecular complexity index is 1560. The van der Waals surface area contributed by atoms with Crippen molar-refractivity contribution in [1.82, 2.24) is 0 Å². The van der Waals surface area contributed by atoms with Gasteiger partial charge in [-0.25, -0.2) is 9.98 Å². The molecule has 0 fully saturated rings. The Balaban J connectivity index is 1.85. The zero-order valence-corrected chi connectivity index (χ0v) is 20.6. The number of rotatable bonds is 2. The fraction of sp³-hybridized carbons (Fsp3) is 0.276. The molecule has 1 aliphatic carbocycles. The Hall–Kier alpha value is -3.77. The molecule has 4 aliphatic rings. The van der Waals surface area contributed by atoms with Crippen molar-refractivity contribution in [3.8, 4) is 0 Å². The molecular formula is C29H28N2O4. The third kappa shape index (κ3) is 3.65. The van der Waals surface area contributed by atoms with E-state index in [2.05, 4.69) is 0 Å². The normalized spacial score (nSPS) is 24.1. The summed E-state index contributed by atoms with van der Waals surface area (Å²) in [6, 6.07) is 3.80. The number of fused-ring (bicyclic) bond motifs is 5. The van der Waals surface area contributed by atoms with Crippen LogP contribution < -0.4 is 10.8 Å². The Labute approximate surface area is 203 Å². The second-order valence-electron chi connectivity index (χ2n) is 9.30. The van der Waals surface area contributed by atoms with E-state index in [0.29, 0.717) is 27.8 Å². The van der Waals surface area contributed by atoms with Gasteiger partial charge in [-0.1, -0.05) is 13.8 Å². The number of furan rings is 1. The molecule has 6 heteroatoms. The molecule has 0 saturated carbocycles. The van der Waals surface area contributed by atoms with Crippen LogP contribution in [0.5, 0.6) is 0 Å². The molecule has 2 N–H and O–H groups in total. The lowest BCUT2D eigenvalue weighted by Crippen LogP contribution is -2.40. The molecule has 8 bridgehead atoms. The largest absolute Gasteiger partial charge is 0.508 e. The molecule has 0 spiro atoms. The smallest absolute Gasteiger partial charge is 0.201 e. The summed E-state index contributed by atoms with van der Waals surface area (Å²) in [5, 5.41) is 21.8. The van der Waals surface area contributed by atoms with E-state index in [1.165, 1.54) is 6.92 Å². The minimum absolute atomic E-state index is 0.276. The van der Waals surface area contributed by atoms with Crippen LogP contribution in [0.4, 0.5) is 0 Å². The lowest BCUT2D eigenvalue weighted by atomic mass is 9.83. The third-order valence-corrected chi connectivity index (χ3v) is 7.02. The first-order chi connectivity index (χ1) is 16.6. The van der Waals surface area contributed by atoms with Crippen molar-refractivity contribution >= 4 is 29.4 Å². The summed E-state index contributed by atoms with van der Waals surface area (Å²) in [5.41, 5.74) is 6.89. The van der Waals surface area contributed by atoms with Gasteiger partial charge in [-0.3, -0.25) is 4.79 Å². The topological polar surface area (TPSA) is 95.4 Å². The molecule has 6 nitrogen and oxygen atoms in total. The number of aliphatic hydroxyl groups excluding tert-OH is 1. The molecule has 0 aromatic carbocycles. The molecule has 0 radical (unpaired) electrons. The lowest BCUT2D eigenvalue weighted by molar-refractivity contribution is -0.130. The molecule has 178 valence electrons. The van der Waals surface area contributed by atoms with E-state index in [4.69, 9.17) is 14.4 Å². The minimum atomic E-state index is -2.05. The van der Waals surface area contributed by atoms with Gasteiger partial charge in [0.25, 0.3) is 0 Å². The number of hydrogen-bond acceptors (Lipinski definition) is 6. The van der Waals surface area contributed by atoms with Gasteiger partial charge in [0, 0.05) is 23.3 Å². The second kappa shape index (κ2) is 8.17. The Morgan fingerprint density at radius 1 is 0.857 bits per heavy atom. The number of Topliss-reactive ketones (excluding diaryl/α,β-unsaturated/α-hetero) is 1. The van der Waals surface area contributed by atoms with E-state index in [0.717, 1.165) is 46.6 Å². The zero-order chi connectivity index (χ0) is 25.1. The minimum Gasteiger partial charge on any atom is -0.508 e. The van der Waals surface area contributed by atoms with E-state index >= 15 is 0 Å². The van der Waals surface area contributed by atoms with Gasteiger partial charge in [0.15, 0.2) is 5.60 Å². The third-order valence-electron chi connectivity index (χ3n) is 7.02. The van der Waals surface area contributed by atoms with Crippen molar-refractivity contribution in [2.24, 2.45) is 9.98 Å². The molecule has 0 amide bonds. The predicted molar refractivity (Wildman–Crippen MR) is 137 cm³/mol. The van der Waals surface area contributed by atoms with Gasteiger partial charge >= 0.3 is 0 Å². The summed E-state index contributed by atoms with van der Waals surface area (Å²) in [4.78, 5) is 22.8. The number of carbonyl (C=O) groups excluding carboxylic acids is 1. The van der Waals surface area contributed by atoms with Gasteiger partial charge < -0.3 is 14.6 Å². The highest BCUT2D eigenvalue weighted by Crippen LogP contribution is 2.36. The summed E-state index contributed by atoms with van der Waals surface area (Å²) >= 11 is 0.